The summed E-state index contributed by atoms with van der Waals surface area (Å²) in [5, 5.41) is 3.44. The lowest BCUT2D eigenvalue weighted by Gasteiger charge is -2.07. The molecule has 16 heavy (non-hydrogen) atoms. The second-order valence-corrected chi connectivity index (χ2v) is 6.28. The highest BCUT2D eigenvalue weighted by atomic mass is 35.5. The van der Waals surface area contributed by atoms with Gasteiger partial charge in [0, 0.05) is 10.9 Å². The molecule has 0 bridgehead atoms. The first kappa shape index (κ1) is 14.0. The molecule has 0 fully saturated rings. The minimum absolute atomic E-state index is 0.619. The third-order valence-electron chi connectivity index (χ3n) is 2.53. The van der Waals surface area contributed by atoms with Gasteiger partial charge in [-0.1, -0.05) is 38.3 Å². The summed E-state index contributed by atoms with van der Waals surface area (Å²) in [5.41, 5.74) is 0. The predicted molar refractivity (Wildman–Crippen MR) is 74.6 cm³/mol. The van der Waals surface area contributed by atoms with E-state index in [-0.39, 0.29) is 0 Å². The number of thiophene rings is 1. The Balaban J connectivity index is 1.92. The largest absolute Gasteiger partial charge is 0.315 e. The molecule has 0 aromatic carbocycles. The maximum atomic E-state index is 5.88. The van der Waals surface area contributed by atoms with Crippen LogP contribution >= 0.6 is 22.9 Å². The predicted octanol–water partition coefficient (Wildman–Crippen LogP) is 4.50. The fourth-order valence-electron chi connectivity index (χ4n) is 1.65. The van der Waals surface area contributed by atoms with E-state index in [0.29, 0.717) is 6.04 Å². The van der Waals surface area contributed by atoms with Gasteiger partial charge in [-0.05, 0) is 37.9 Å². The summed E-state index contributed by atoms with van der Waals surface area (Å²) in [5.74, 6) is 0. The number of halogens is 1. The molecule has 92 valence electrons. The summed E-state index contributed by atoms with van der Waals surface area (Å²) in [6.07, 6.45) is 6.44. The summed E-state index contributed by atoms with van der Waals surface area (Å²) in [4.78, 5) is 1.42. The first-order valence-electron chi connectivity index (χ1n) is 6.16. The van der Waals surface area contributed by atoms with Gasteiger partial charge in [-0.25, -0.2) is 0 Å². The Kier molecular flexibility index (Phi) is 7.10. The van der Waals surface area contributed by atoms with E-state index in [1.54, 1.807) is 11.3 Å². The molecule has 0 saturated heterocycles. The van der Waals surface area contributed by atoms with Gasteiger partial charge >= 0.3 is 0 Å². The Bertz CT molecular complexity index is 283. The topological polar surface area (TPSA) is 12.0 Å². The normalized spacial score (nSPS) is 11.2. The van der Waals surface area contributed by atoms with Gasteiger partial charge in [-0.15, -0.1) is 11.3 Å². The van der Waals surface area contributed by atoms with Crippen molar-refractivity contribution in [3.05, 3.63) is 21.3 Å². The number of nitrogens with one attached hydrogen (secondary N) is 1. The smallest absolute Gasteiger partial charge is 0.0931 e. The van der Waals surface area contributed by atoms with Crippen molar-refractivity contribution < 1.29 is 0 Å². The quantitative estimate of drug-likeness (QED) is 0.678. The van der Waals surface area contributed by atoms with Crippen molar-refractivity contribution in [3.63, 3.8) is 0 Å². The van der Waals surface area contributed by atoms with Crippen LogP contribution < -0.4 is 5.32 Å². The summed E-state index contributed by atoms with van der Waals surface area (Å²) in [6.45, 7) is 5.55. The van der Waals surface area contributed by atoms with Crippen LogP contribution in [0.3, 0.4) is 0 Å². The SMILES string of the molecule is CC(C)NCCCCCCc1ccc(Cl)s1. The van der Waals surface area contributed by atoms with Gasteiger partial charge < -0.3 is 5.32 Å². The van der Waals surface area contributed by atoms with Gasteiger partial charge in [0.15, 0.2) is 0 Å². The zero-order chi connectivity index (χ0) is 11.8. The molecule has 3 heteroatoms. The Morgan fingerprint density at radius 2 is 1.94 bits per heavy atom. The number of hydrogen-bond donors (Lipinski definition) is 1. The zero-order valence-electron chi connectivity index (χ0n) is 10.3. The zero-order valence-corrected chi connectivity index (χ0v) is 11.8. The van der Waals surface area contributed by atoms with Gasteiger partial charge in [0.2, 0.25) is 0 Å². The molecule has 0 atom stereocenters. The van der Waals surface area contributed by atoms with Crippen molar-refractivity contribution in [1.29, 1.82) is 0 Å². The van der Waals surface area contributed by atoms with Gasteiger partial charge in [-0.2, -0.15) is 0 Å². The Morgan fingerprint density at radius 1 is 1.19 bits per heavy atom. The fraction of sp³-hybridized carbons (Fsp3) is 0.692. The highest BCUT2D eigenvalue weighted by Crippen LogP contribution is 2.23. The van der Waals surface area contributed by atoms with E-state index >= 15 is 0 Å². The summed E-state index contributed by atoms with van der Waals surface area (Å²) in [7, 11) is 0. The molecule has 1 heterocycles. The van der Waals surface area contributed by atoms with Crippen molar-refractivity contribution in [1.82, 2.24) is 5.32 Å². The van der Waals surface area contributed by atoms with E-state index in [1.807, 2.05) is 6.07 Å². The van der Waals surface area contributed by atoms with Crippen LogP contribution in [0.5, 0.6) is 0 Å². The maximum absolute atomic E-state index is 5.88. The molecular weight excluding hydrogens is 238 g/mol. The van der Waals surface area contributed by atoms with E-state index in [9.17, 15) is 0 Å². The van der Waals surface area contributed by atoms with Gasteiger partial charge in [0.1, 0.15) is 0 Å². The molecule has 0 spiro atoms. The van der Waals surface area contributed by atoms with Crippen LogP contribution in [0.2, 0.25) is 4.34 Å². The summed E-state index contributed by atoms with van der Waals surface area (Å²) >= 11 is 7.59. The lowest BCUT2D eigenvalue weighted by molar-refractivity contribution is 0.542. The minimum Gasteiger partial charge on any atom is -0.315 e. The number of unbranched alkanes of at least 4 members (excludes halogenated alkanes) is 3. The first-order valence-corrected chi connectivity index (χ1v) is 7.35. The van der Waals surface area contributed by atoms with Crippen LogP contribution in [0.4, 0.5) is 0 Å². The third kappa shape index (κ3) is 6.51. The van der Waals surface area contributed by atoms with Crippen molar-refractivity contribution in [2.24, 2.45) is 0 Å². The highest BCUT2D eigenvalue weighted by molar-refractivity contribution is 7.16. The van der Waals surface area contributed by atoms with Crippen molar-refractivity contribution in [2.75, 3.05) is 6.54 Å². The lowest BCUT2D eigenvalue weighted by Crippen LogP contribution is -2.23. The van der Waals surface area contributed by atoms with Crippen LogP contribution in [0.15, 0.2) is 12.1 Å². The number of hydrogen-bond acceptors (Lipinski definition) is 2. The molecular formula is C13H22ClNS. The van der Waals surface area contributed by atoms with E-state index in [0.717, 1.165) is 10.9 Å². The first-order chi connectivity index (χ1) is 7.68. The Labute approximate surface area is 108 Å². The van der Waals surface area contributed by atoms with Crippen LogP contribution in [0, 0.1) is 0 Å². The number of rotatable bonds is 8. The van der Waals surface area contributed by atoms with Crippen LogP contribution in [-0.2, 0) is 6.42 Å². The molecule has 0 radical (unpaired) electrons. The van der Waals surface area contributed by atoms with Crippen molar-refractivity contribution in [2.45, 2.75) is 52.0 Å². The van der Waals surface area contributed by atoms with E-state index in [1.165, 1.54) is 37.0 Å². The van der Waals surface area contributed by atoms with E-state index in [4.69, 9.17) is 11.6 Å². The second kappa shape index (κ2) is 8.10. The van der Waals surface area contributed by atoms with Gasteiger partial charge in [0.05, 0.1) is 4.34 Å². The van der Waals surface area contributed by atoms with Crippen molar-refractivity contribution >= 4 is 22.9 Å². The molecule has 1 rings (SSSR count). The summed E-state index contributed by atoms with van der Waals surface area (Å²) < 4.78 is 0.913. The highest BCUT2D eigenvalue weighted by Gasteiger charge is 1.98. The average molecular weight is 260 g/mol. The molecule has 0 amide bonds. The minimum atomic E-state index is 0.619. The van der Waals surface area contributed by atoms with Crippen molar-refractivity contribution in [3.8, 4) is 0 Å². The molecule has 1 aromatic rings. The van der Waals surface area contributed by atoms with Gasteiger partial charge in [0.25, 0.3) is 0 Å². The Morgan fingerprint density at radius 3 is 2.56 bits per heavy atom. The molecule has 0 unspecified atom stereocenters. The average Bonchev–Trinajstić information content (AvgIpc) is 2.62. The lowest BCUT2D eigenvalue weighted by atomic mass is 10.1. The van der Waals surface area contributed by atoms with Crippen LogP contribution in [0.1, 0.15) is 44.4 Å². The molecule has 0 aliphatic carbocycles. The molecule has 1 aromatic heterocycles. The second-order valence-electron chi connectivity index (χ2n) is 4.48. The molecule has 0 aliphatic heterocycles. The third-order valence-corrected chi connectivity index (χ3v) is 3.82. The molecule has 0 aliphatic rings. The summed E-state index contributed by atoms with van der Waals surface area (Å²) in [6, 6.07) is 4.76. The molecule has 0 saturated carbocycles. The number of aryl methyl sites for hydroxylation is 1. The standard InChI is InChI=1S/C13H22ClNS/c1-11(2)15-10-6-4-3-5-7-12-8-9-13(14)16-12/h8-9,11,15H,3-7,10H2,1-2H3. The monoisotopic (exact) mass is 259 g/mol. The van der Waals surface area contributed by atoms with Crippen LogP contribution in [0.25, 0.3) is 0 Å². The molecule has 1 N–H and O–H groups in total. The molecule has 1 nitrogen and oxygen atoms in total. The van der Waals surface area contributed by atoms with Gasteiger partial charge in [-0.3, -0.25) is 0 Å². The van der Waals surface area contributed by atoms with E-state index in [2.05, 4.69) is 25.2 Å². The van der Waals surface area contributed by atoms with E-state index < -0.39 is 0 Å². The fourth-order valence-corrected chi connectivity index (χ4v) is 2.78. The van der Waals surface area contributed by atoms with Crippen LogP contribution in [-0.4, -0.2) is 12.6 Å². The Hall–Kier alpha value is -0.0500. The maximum Gasteiger partial charge on any atom is 0.0931 e.